The molecule has 2 unspecified atom stereocenters. The second-order valence-corrected chi connectivity index (χ2v) is 5.66. The average molecular weight is 353 g/mol. The highest BCUT2D eigenvalue weighted by Crippen LogP contribution is 2.24. The Bertz CT molecular complexity index is 525. The molecule has 114 valence electrons. The fraction of sp³-hybridized carbons (Fsp3) is 0.438. The predicted molar refractivity (Wildman–Crippen MR) is 88.0 cm³/mol. The molecule has 0 fully saturated rings. The van der Waals surface area contributed by atoms with Gasteiger partial charge < -0.3 is 15.8 Å². The minimum Gasteiger partial charge on any atom is -0.481 e. The van der Waals surface area contributed by atoms with Crippen molar-refractivity contribution in [2.45, 2.75) is 38.8 Å². The first-order valence-corrected chi connectivity index (χ1v) is 7.69. The van der Waals surface area contributed by atoms with Crippen LogP contribution in [0.5, 0.6) is 5.75 Å². The molecule has 21 heavy (non-hydrogen) atoms. The first kappa shape index (κ1) is 17.5. The zero-order valence-electron chi connectivity index (χ0n) is 12.4. The van der Waals surface area contributed by atoms with E-state index in [2.05, 4.69) is 34.1 Å². The summed E-state index contributed by atoms with van der Waals surface area (Å²) in [6.45, 7) is 3.94. The van der Waals surface area contributed by atoms with Crippen molar-refractivity contribution >= 4 is 21.8 Å². The minimum absolute atomic E-state index is 0.105. The van der Waals surface area contributed by atoms with Gasteiger partial charge in [-0.25, -0.2) is 0 Å². The molecule has 5 heteroatoms. The Morgan fingerprint density at radius 2 is 2.29 bits per heavy atom. The molecule has 0 saturated carbocycles. The van der Waals surface area contributed by atoms with E-state index in [0.29, 0.717) is 5.75 Å². The fourth-order valence-electron chi connectivity index (χ4n) is 1.75. The van der Waals surface area contributed by atoms with E-state index in [1.54, 1.807) is 6.92 Å². The van der Waals surface area contributed by atoms with Gasteiger partial charge in [0, 0.05) is 10.5 Å². The molecule has 1 aromatic rings. The van der Waals surface area contributed by atoms with Crippen molar-refractivity contribution in [2.75, 3.05) is 6.54 Å². The zero-order valence-corrected chi connectivity index (χ0v) is 13.9. The van der Waals surface area contributed by atoms with E-state index < -0.39 is 6.10 Å². The number of hydrogen-bond donors (Lipinski definition) is 2. The van der Waals surface area contributed by atoms with E-state index in [4.69, 9.17) is 16.9 Å². The highest BCUT2D eigenvalue weighted by Gasteiger charge is 2.15. The van der Waals surface area contributed by atoms with Crippen LogP contribution in [-0.2, 0) is 11.2 Å². The van der Waals surface area contributed by atoms with Crippen molar-refractivity contribution in [1.29, 1.82) is 0 Å². The molecule has 0 radical (unpaired) electrons. The van der Waals surface area contributed by atoms with Crippen LogP contribution in [0.3, 0.4) is 0 Å². The largest absolute Gasteiger partial charge is 0.481 e. The quantitative estimate of drug-likeness (QED) is 0.739. The Morgan fingerprint density at radius 1 is 1.57 bits per heavy atom. The van der Waals surface area contributed by atoms with Gasteiger partial charge in [0.05, 0.1) is 6.54 Å². The number of ether oxygens (including phenoxy) is 1. The molecule has 0 saturated heterocycles. The van der Waals surface area contributed by atoms with E-state index in [9.17, 15) is 4.79 Å². The Hall–Kier alpha value is -1.51. The summed E-state index contributed by atoms with van der Waals surface area (Å²) >= 11 is 3.50. The molecule has 2 atom stereocenters. The lowest BCUT2D eigenvalue weighted by Crippen LogP contribution is -2.36. The van der Waals surface area contributed by atoms with Gasteiger partial charge in [0.25, 0.3) is 5.91 Å². The molecule has 4 nitrogen and oxygen atoms in total. The summed E-state index contributed by atoms with van der Waals surface area (Å²) in [6.07, 6.45) is 6.16. The summed E-state index contributed by atoms with van der Waals surface area (Å²) < 4.78 is 6.63. The molecular weight excluding hydrogens is 332 g/mol. The Labute approximate surface area is 134 Å². The van der Waals surface area contributed by atoms with Gasteiger partial charge in [0.15, 0.2) is 6.10 Å². The second-order valence-electron chi connectivity index (χ2n) is 4.81. The summed E-state index contributed by atoms with van der Waals surface area (Å²) in [5, 5.41) is 2.59. The third-order valence-corrected chi connectivity index (χ3v) is 3.84. The molecule has 0 heterocycles. The second kappa shape index (κ2) is 8.71. The lowest BCUT2D eigenvalue weighted by atomic mass is 10.0. The van der Waals surface area contributed by atoms with Crippen LogP contribution in [0.25, 0.3) is 0 Å². The first-order chi connectivity index (χ1) is 9.97. The molecule has 1 aromatic carbocycles. The van der Waals surface area contributed by atoms with Crippen molar-refractivity contribution in [3.63, 3.8) is 0 Å². The number of carbonyl (C=O) groups excluding carboxylic acids is 1. The number of terminal acetylenes is 1. The van der Waals surface area contributed by atoms with Crippen molar-refractivity contribution in [1.82, 2.24) is 5.32 Å². The first-order valence-electron chi connectivity index (χ1n) is 6.89. The van der Waals surface area contributed by atoms with Gasteiger partial charge >= 0.3 is 0 Å². The molecule has 3 N–H and O–H groups in total. The van der Waals surface area contributed by atoms with Gasteiger partial charge in [-0.1, -0.05) is 28.8 Å². The molecule has 0 aliphatic heterocycles. The number of benzene rings is 1. The molecule has 0 spiro atoms. The molecule has 1 amide bonds. The molecule has 0 aliphatic carbocycles. The number of nitrogens with two attached hydrogens (primary N) is 1. The third-order valence-electron chi connectivity index (χ3n) is 3.07. The van der Waals surface area contributed by atoms with Crippen LogP contribution in [0, 0.1) is 12.3 Å². The van der Waals surface area contributed by atoms with Gasteiger partial charge in [0.1, 0.15) is 5.75 Å². The lowest BCUT2D eigenvalue weighted by Gasteiger charge is -2.16. The smallest absolute Gasteiger partial charge is 0.261 e. The van der Waals surface area contributed by atoms with Gasteiger partial charge in [0.2, 0.25) is 0 Å². The third kappa shape index (κ3) is 5.78. The standard InChI is InChI=1S/C16H21BrN2O2/c1-4-8-19-16(20)11(3)21-14-6-7-15(17)12(10-14)9-13(18)5-2/h1,6-7,10-11,13H,5,8-9,18H2,2-3H3,(H,19,20). The summed E-state index contributed by atoms with van der Waals surface area (Å²) in [5.74, 6) is 2.76. The highest BCUT2D eigenvalue weighted by atomic mass is 79.9. The van der Waals surface area contributed by atoms with E-state index in [1.165, 1.54) is 0 Å². The van der Waals surface area contributed by atoms with Gasteiger partial charge in [-0.2, -0.15) is 0 Å². The summed E-state index contributed by atoms with van der Waals surface area (Å²) in [4.78, 5) is 11.7. The van der Waals surface area contributed by atoms with Gasteiger partial charge in [-0.05, 0) is 43.5 Å². The zero-order chi connectivity index (χ0) is 15.8. The van der Waals surface area contributed by atoms with Crippen LogP contribution in [0.15, 0.2) is 22.7 Å². The Balaban J connectivity index is 2.73. The van der Waals surface area contributed by atoms with E-state index in [1.807, 2.05) is 18.2 Å². The van der Waals surface area contributed by atoms with Crippen LogP contribution in [0.4, 0.5) is 0 Å². The number of carbonyl (C=O) groups is 1. The van der Waals surface area contributed by atoms with E-state index >= 15 is 0 Å². The topological polar surface area (TPSA) is 64.3 Å². The van der Waals surface area contributed by atoms with Crippen LogP contribution in [-0.4, -0.2) is 24.6 Å². The van der Waals surface area contributed by atoms with Gasteiger partial charge in [-0.15, -0.1) is 6.42 Å². The number of amides is 1. The van der Waals surface area contributed by atoms with Crippen LogP contribution < -0.4 is 15.8 Å². The molecule has 0 aliphatic rings. The Kier molecular flexibility index (Phi) is 7.27. The van der Waals surface area contributed by atoms with Crippen molar-refractivity contribution in [3.8, 4) is 18.1 Å². The SMILES string of the molecule is C#CCNC(=O)C(C)Oc1ccc(Br)c(CC(N)CC)c1. The van der Waals surface area contributed by atoms with Crippen molar-refractivity contribution in [2.24, 2.45) is 5.73 Å². The van der Waals surface area contributed by atoms with E-state index in [0.717, 1.165) is 22.9 Å². The molecule has 0 aromatic heterocycles. The maximum atomic E-state index is 11.7. The van der Waals surface area contributed by atoms with E-state index in [-0.39, 0.29) is 18.5 Å². The predicted octanol–water partition coefficient (Wildman–Crippen LogP) is 2.25. The normalized spacial score (nSPS) is 13.1. The summed E-state index contributed by atoms with van der Waals surface area (Å²) in [7, 11) is 0. The molecule has 0 bridgehead atoms. The molecular formula is C16H21BrN2O2. The maximum absolute atomic E-state index is 11.7. The monoisotopic (exact) mass is 352 g/mol. The maximum Gasteiger partial charge on any atom is 0.261 e. The highest BCUT2D eigenvalue weighted by molar-refractivity contribution is 9.10. The van der Waals surface area contributed by atoms with Crippen molar-refractivity contribution in [3.05, 3.63) is 28.2 Å². The van der Waals surface area contributed by atoms with Crippen LogP contribution in [0.1, 0.15) is 25.8 Å². The summed E-state index contributed by atoms with van der Waals surface area (Å²) in [6, 6.07) is 5.73. The number of rotatable bonds is 7. The fourth-order valence-corrected chi connectivity index (χ4v) is 2.16. The minimum atomic E-state index is -0.604. The Morgan fingerprint density at radius 3 is 2.90 bits per heavy atom. The van der Waals surface area contributed by atoms with Crippen LogP contribution in [0.2, 0.25) is 0 Å². The summed E-state index contributed by atoms with van der Waals surface area (Å²) in [5.41, 5.74) is 7.05. The van der Waals surface area contributed by atoms with Gasteiger partial charge in [-0.3, -0.25) is 4.79 Å². The number of halogens is 1. The van der Waals surface area contributed by atoms with Crippen molar-refractivity contribution < 1.29 is 9.53 Å². The number of hydrogen-bond acceptors (Lipinski definition) is 3. The lowest BCUT2D eigenvalue weighted by molar-refractivity contribution is -0.126. The molecule has 1 rings (SSSR count). The number of nitrogens with one attached hydrogen (secondary N) is 1. The van der Waals surface area contributed by atoms with Crippen LogP contribution >= 0.6 is 15.9 Å². The average Bonchev–Trinajstić information content (AvgIpc) is 2.47.